The summed E-state index contributed by atoms with van der Waals surface area (Å²) in [5, 5.41) is 3.06. The number of hydrogen-bond donors (Lipinski definition) is 1. The van der Waals surface area contributed by atoms with Gasteiger partial charge in [0.05, 0.1) is 29.4 Å². The van der Waals surface area contributed by atoms with Crippen LogP contribution in [0, 0.1) is 11.6 Å². The van der Waals surface area contributed by atoms with Crippen LogP contribution in [0.5, 0.6) is 0 Å². The molecule has 1 aliphatic carbocycles. The van der Waals surface area contributed by atoms with Crippen molar-refractivity contribution < 1.29 is 45.6 Å². The summed E-state index contributed by atoms with van der Waals surface area (Å²) in [6.45, 7) is 7.49. The Labute approximate surface area is 285 Å². The van der Waals surface area contributed by atoms with E-state index >= 15 is 0 Å². The third kappa shape index (κ3) is 6.67. The summed E-state index contributed by atoms with van der Waals surface area (Å²) in [5.41, 5.74) is 2.04. The second kappa shape index (κ2) is 13.1. The summed E-state index contributed by atoms with van der Waals surface area (Å²) >= 11 is -2.68. The number of benzene rings is 3. The smallest absolute Gasteiger partial charge is 0.495 e. The van der Waals surface area contributed by atoms with Crippen LogP contribution in [0.25, 0.3) is 22.3 Å². The number of methoxy groups -OCH3 is 1. The number of hydrogen-bond acceptors (Lipinski definition) is 8. The molecule has 3 aromatic carbocycles. The zero-order valence-corrected chi connectivity index (χ0v) is 28.8. The van der Waals surface area contributed by atoms with Crippen molar-refractivity contribution in [3.8, 4) is 11.3 Å². The van der Waals surface area contributed by atoms with E-state index in [4.69, 9.17) is 18.5 Å². The van der Waals surface area contributed by atoms with E-state index in [0.29, 0.717) is 22.0 Å². The number of furan rings is 1. The second-order valence-corrected chi connectivity index (χ2v) is 14.3. The number of halogens is 2. The van der Waals surface area contributed by atoms with Crippen LogP contribution in [-0.2, 0) is 38.4 Å². The molecule has 1 atom stereocenters. The summed E-state index contributed by atoms with van der Waals surface area (Å²) < 4.78 is 77.9. The summed E-state index contributed by atoms with van der Waals surface area (Å²) in [7, 11) is 1.89. The highest BCUT2D eigenvalue weighted by molar-refractivity contribution is 7.76. The van der Waals surface area contributed by atoms with Gasteiger partial charge in [0.15, 0.2) is 11.6 Å². The number of fused-ring (bicyclic) bond motifs is 1. The Morgan fingerprint density at radius 2 is 1.71 bits per heavy atom. The SMILES string of the molecule is CNC(=O)c1c(-c2ccc(F)c(F)c2)oc2cc(CN(Cc3ccc(B4OC(C)(C)C(C)(C)O4)c(C(=O)OC)c3)S(=O)[O-])c(C3CC3)cc12. The zero-order valence-electron chi connectivity index (χ0n) is 28.0. The van der Waals surface area contributed by atoms with Gasteiger partial charge in [-0.3, -0.25) is 9.00 Å². The molecule has 14 heteroatoms. The third-order valence-corrected chi connectivity index (χ3v) is 10.2. The summed E-state index contributed by atoms with van der Waals surface area (Å²) in [6, 6.07) is 11.7. The fraction of sp³-hybridized carbons (Fsp3) is 0.371. The topological polar surface area (TPSA) is 130 Å². The van der Waals surface area contributed by atoms with Gasteiger partial charge in [-0.25, -0.2) is 17.9 Å². The fourth-order valence-corrected chi connectivity index (χ4v) is 6.52. The Bertz CT molecular complexity index is 1980. The van der Waals surface area contributed by atoms with Gasteiger partial charge in [-0.1, -0.05) is 12.1 Å². The molecule has 1 aliphatic heterocycles. The van der Waals surface area contributed by atoms with Crippen LogP contribution in [0.3, 0.4) is 0 Å². The van der Waals surface area contributed by atoms with Crippen molar-refractivity contribution in [1.82, 2.24) is 9.62 Å². The molecule has 2 aliphatic rings. The van der Waals surface area contributed by atoms with Crippen molar-refractivity contribution in [2.45, 2.75) is 70.7 Å². The lowest BCUT2D eigenvalue weighted by molar-refractivity contribution is 0.00578. The Hall–Kier alpha value is -3.95. The molecule has 2 fully saturated rings. The molecule has 2 heterocycles. The van der Waals surface area contributed by atoms with E-state index in [1.807, 2.05) is 33.8 Å². The van der Waals surface area contributed by atoms with E-state index in [-0.39, 0.29) is 47.0 Å². The van der Waals surface area contributed by atoms with Crippen molar-refractivity contribution in [2.24, 2.45) is 0 Å². The Kier molecular flexibility index (Phi) is 9.31. The van der Waals surface area contributed by atoms with Gasteiger partial charge in [-0.15, -0.1) is 0 Å². The number of amides is 1. The first-order chi connectivity index (χ1) is 23.1. The predicted octanol–water partition coefficient (Wildman–Crippen LogP) is 5.50. The van der Waals surface area contributed by atoms with E-state index in [9.17, 15) is 27.1 Å². The molecule has 4 aromatic rings. The molecule has 1 amide bonds. The average molecular weight is 694 g/mol. The van der Waals surface area contributed by atoms with Crippen LogP contribution in [0.1, 0.15) is 83.9 Å². The van der Waals surface area contributed by atoms with Crippen molar-refractivity contribution in [3.05, 3.63) is 88.0 Å². The quantitative estimate of drug-likeness (QED) is 0.131. The Balaban J connectivity index is 1.36. The number of nitrogens with zero attached hydrogens (tertiary/aromatic N) is 1. The van der Waals surface area contributed by atoms with Gasteiger partial charge in [-0.2, -0.15) is 0 Å². The number of nitrogens with one attached hydrogen (secondary N) is 1. The molecular weight excluding hydrogens is 657 g/mol. The second-order valence-electron chi connectivity index (χ2n) is 13.4. The van der Waals surface area contributed by atoms with E-state index in [0.717, 1.165) is 30.5 Å². The zero-order chi connectivity index (χ0) is 35.4. The molecule has 0 bridgehead atoms. The van der Waals surface area contributed by atoms with Crippen LogP contribution < -0.4 is 10.8 Å². The minimum absolute atomic E-state index is 0.0407. The average Bonchev–Trinajstić information content (AvgIpc) is 3.79. The van der Waals surface area contributed by atoms with Crippen LogP contribution in [0.2, 0.25) is 0 Å². The number of esters is 1. The highest BCUT2D eigenvalue weighted by atomic mass is 32.2. The standard InChI is InChI=1S/C35H37BF2N2O8S/c1-34(2)35(3,4)48-36(47-34)26-11-7-19(13-24(26)33(42)45-6)17-40(49(43)44)18-22-15-29-25(16-23(22)20-8-9-20)30(32(41)39-5)31(46-29)21-10-12-27(37)28(38)14-21/h7,10-16,20H,8-9,17-18H2,1-6H3,(H,39,41)(H,43,44)/p-1. The van der Waals surface area contributed by atoms with E-state index < -0.39 is 53.1 Å². The first-order valence-electron chi connectivity index (χ1n) is 15.8. The van der Waals surface area contributed by atoms with E-state index in [2.05, 4.69) is 5.32 Å². The van der Waals surface area contributed by atoms with Crippen LogP contribution in [0.15, 0.2) is 52.9 Å². The van der Waals surface area contributed by atoms with Crippen LogP contribution >= 0.6 is 0 Å². The van der Waals surface area contributed by atoms with Gasteiger partial charge in [0.25, 0.3) is 5.91 Å². The van der Waals surface area contributed by atoms with E-state index in [1.54, 1.807) is 24.3 Å². The van der Waals surface area contributed by atoms with Gasteiger partial charge >= 0.3 is 13.1 Å². The lowest BCUT2D eigenvalue weighted by Gasteiger charge is -2.32. The van der Waals surface area contributed by atoms with Gasteiger partial charge in [0.1, 0.15) is 11.3 Å². The molecule has 0 spiro atoms. The molecule has 6 rings (SSSR count). The van der Waals surface area contributed by atoms with Crippen LogP contribution in [0.4, 0.5) is 8.78 Å². The maximum atomic E-state index is 14.2. The lowest BCUT2D eigenvalue weighted by Crippen LogP contribution is -2.41. The Morgan fingerprint density at radius 1 is 1.02 bits per heavy atom. The van der Waals surface area contributed by atoms with Gasteiger partial charge in [-0.05, 0) is 105 Å². The van der Waals surface area contributed by atoms with Gasteiger partial charge in [0.2, 0.25) is 0 Å². The molecule has 49 heavy (non-hydrogen) atoms. The number of rotatable bonds is 10. The molecule has 1 saturated carbocycles. The largest absolute Gasteiger partial charge is 0.760 e. The van der Waals surface area contributed by atoms with Crippen molar-refractivity contribution in [1.29, 1.82) is 0 Å². The molecule has 258 valence electrons. The fourth-order valence-electron chi connectivity index (χ4n) is 6.02. The maximum Gasteiger partial charge on any atom is 0.495 e. The summed E-state index contributed by atoms with van der Waals surface area (Å²) in [4.78, 5) is 26.0. The highest BCUT2D eigenvalue weighted by Crippen LogP contribution is 2.45. The first kappa shape index (κ1) is 34.9. The number of ether oxygens (including phenoxy) is 1. The van der Waals surface area contributed by atoms with Gasteiger partial charge < -0.3 is 28.3 Å². The van der Waals surface area contributed by atoms with Crippen molar-refractivity contribution in [2.75, 3.05) is 14.2 Å². The van der Waals surface area contributed by atoms with E-state index in [1.165, 1.54) is 24.5 Å². The Morgan fingerprint density at radius 3 is 2.31 bits per heavy atom. The first-order valence-corrected chi connectivity index (χ1v) is 16.8. The molecule has 10 nitrogen and oxygen atoms in total. The van der Waals surface area contributed by atoms with Crippen molar-refractivity contribution >= 4 is 46.7 Å². The summed E-state index contributed by atoms with van der Waals surface area (Å²) in [5.74, 6) is -3.01. The third-order valence-electron chi connectivity index (χ3n) is 9.55. The molecule has 1 N–H and O–H groups in total. The predicted molar refractivity (Wildman–Crippen MR) is 179 cm³/mol. The van der Waals surface area contributed by atoms with Gasteiger partial charge in [0, 0.05) is 42.4 Å². The molecule has 1 saturated heterocycles. The monoisotopic (exact) mass is 693 g/mol. The van der Waals surface area contributed by atoms with Crippen LogP contribution in [-0.4, -0.2) is 57.4 Å². The maximum absolute atomic E-state index is 14.2. The minimum atomic E-state index is -2.68. The summed E-state index contributed by atoms with van der Waals surface area (Å²) in [6.07, 6.45) is 1.76. The number of carbonyl (C=O) groups is 2. The normalized spacial score (nSPS) is 17.5. The lowest BCUT2D eigenvalue weighted by atomic mass is 9.75. The van der Waals surface area contributed by atoms with Crippen molar-refractivity contribution in [3.63, 3.8) is 0 Å². The highest BCUT2D eigenvalue weighted by Gasteiger charge is 2.52. The number of carbonyl (C=O) groups excluding carboxylic acids is 2. The molecule has 1 unspecified atom stereocenters. The molecule has 1 aromatic heterocycles. The minimum Gasteiger partial charge on any atom is -0.760 e. The molecule has 0 radical (unpaired) electrons. The molecular formula is C35H36BF2N2O8S-.